The van der Waals surface area contributed by atoms with Crippen molar-refractivity contribution in [3.05, 3.63) is 41.9 Å². The number of aryl methyl sites for hydroxylation is 1. The van der Waals surface area contributed by atoms with Crippen LogP contribution in [0.2, 0.25) is 0 Å². The second-order valence-corrected chi connectivity index (χ2v) is 6.44. The zero-order chi connectivity index (χ0) is 18.0. The average molecular weight is 344 g/mol. The van der Waals surface area contributed by atoms with Crippen LogP contribution in [0.3, 0.4) is 0 Å². The van der Waals surface area contributed by atoms with E-state index in [-0.39, 0.29) is 18.1 Å². The number of pyridine rings is 1. The van der Waals surface area contributed by atoms with E-state index < -0.39 is 0 Å². The number of amides is 1. The number of carbonyl (C=O) groups is 1. The van der Waals surface area contributed by atoms with Crippen molar-refractivity contribution >= 4 is 11.7 Å². The Morgan fingerprint density at radius 1 is 1.40 bits per heavy atom. The number of aromatic nitrogens is 3. The third kappa shape index (κ3) is 3.80. The summed E-state index contributed by atoms with van der Waals surface area (Å²) in [6, 6.07) is 3.38. The molecule has 2 atom stereocenters. The first kappa shape index (κ1) is 17.4. The van der Waals surface area contributed by atoms with E-state index in [0.717, 1.165) is 12.1 Å². The molecule has 134 valence electrons. The predicted octanol–water partition coefficient (Wildman–Crippen LogP) is 0.541. The Morgan fingerprint density at radius 2 is 2.20 bits per heavy atom. The second kappa shape index (κ2) is 7.20. The topological polar surface area (TPSA) is 89.5 Å². The lowest BCUT2D eigenvalue weighted by atomic mass is 10.0. The van der Waals surface area contributed by atoms with Crippen molar-refractivity contribution in [3.8, 4) is 0 Å². The first-order valence-electron chi connectivity index (χ1n) is 8.23. The van der Waals surface area contributed by atoms with E-state index in [0.29, 0.717) is 24.5 Å². The highest BCUT2D eigenvalue weighted by atomic mass is 16.5. The van der Waals surface area contributed by atoms with Gasteiger partial charge in [0, 0.05) is 45.1 Å². The van der Waals surface area contributed by atoms with Gasteiger partial charge in [-0.3, -0.25) is 14.4 Å². The van der Waals surface area contributed by atoms with Crippen molar-refractivity contribution in [3.63, 3.8) is 0 Å². The molecule has 0 radical (unpaired) electrons. The van der Waals surface area contributed by atoms with Crippen molar-refractivity contribution in [1.29, 1.82) is 0 Å². The highest BCUT2D eigenvalue weighted by molar-refractivity contribution is 5.93. The fourth-order valence-electron chi connectivity index (χ4n) is 3.18. The number of carbonyl (C=O) groups excluding carboxylic acids is 1. The van der Waals surface area contributed by atoms with Crippen molar-refractivity contribution in [2.45, 2.75) is 12.1 Å². The number of nitrogen functional groups attached to an aromatic ring is 1. The van der Waals surface area contributed by atoms with Crippen LogP contribution >= 0.6 is 0 Å². The molecule has 2 N–H and O–H groups in total. The largest absolute Gasteiger partial charge is 0.384 e. The Balaban J connectivity index is 1.74. The summed E-state index contributed by atoms with van der Waals surface area (Å²) in [5.41, 5.74) is 7.18. The first-order valence-corrected chi connectivity index (χ1v) is 8.23. The Bertz CT molecular complexity index is 729. The number of hydrogen-bond donors (Lipinski definition) is 1. The smallest absolute Gasteiger partial charge is 0.255 e. The van der Waals surface area contributed by atoms with Crippen LogP contribution in [0.5, 0.6) is 0 Å². The molecule has 1 aliphatic heterocycles. The quantitative estimate of drug-likeness (QED) is 0.871. The van der Waals surface area contributed by atoms with Gasteiger partial charge < -0.3 is 15.4 Å². The first-order chi connectivity index (χ1) is 12.0. The van der Waals surface area contributed by atoms with Gasteiger partial charge >= 0.3 is 0 Å². The lowest BCUT2D eigenvalue weighted by Gasteiger charge is -2.40. The maximum Gasteiger partial charge on any atom is 0.255 e. The molecule has 25 heavy (non-hydrogen) atoms. The van der Waals surface area contributed by atoms with E-state index >= 15 is 0 Å². The summed E-state index contributed by atoms with van der Waals surface area (Å²) >= 11 is 0. The lowest BCUT2D eigenvalue weighted by Crippen LogP contribution is -2.48. The van der Waals surface area contributed by atoms with Crippen molar-refractivity contribution in [1.82, 2.24) is 24.6 Å². The third-order valence-corrected chi connectivity index (χ3v) is 4.50. The Hall–Kier alpha value is -2.45. The van der Waals surface area contributed by atoms with Gasteiger partial charge in [0.2, 0.25) is 0 Å². The van der Waals surface area contributed by atoms with Crippen LogP contribution in [0.4, 0.5) is 5.82 Å². The molecule has 0 saturated carbocycles. The summed E-state index contributed by atoms with van der Waals surface area (Å²) in [6.07, 6.45) is 5.22. The van der Waals surface area contributed by atoms with Gasteiger partial charge in [-0.15, -0.1) is 0 Å². The fraction of sp³-hybridized carbons (Fsp3) is 0.471. The monoisotopic (exact) mass is 344 g/mol. The third-order valence-electron chi connectivity index (χ3n) is 4.50. The van der Waals surface area contributed by atoms with Gasteiger partial charge in [-0.2, -0.15) is 5.10 Å². The maximum absolute atomic E-state index is 12.6. The molecule has 3 heterocycles. The number of likely N-dealkylation sites (N-methyl/N-ethyl adjacent to an activating group) is 2. The fourth-order valence-corrected chi connectivity index (χ4v) is 3.18. The Morgan fingerprint density at radius 3 is 2.84 bits per heavy atom. The van der Waals surface area contributed by atoms with Crippen molar-refractivity contribution < 1.29 is 9.53 Å². The van der Waals surface area contributed by atoms with Crippen LogP contribution in [-0.2, 0) is 11.8 Å². The van der Waals surface area contributed by atoms with Gasteiger partial charge in [0.05, 0.1) is 30.5 Å². The van der Waals surface area contributed by atoms with Crippen LogP contribution < -0.4 is 5.73 Å². The van der Waals surface area contributed by atoms with E-state index in [9.17, 15) is 4.79 Å². The van der Waals surface area contributed by atoms with E-state index in [1.165, 1.54) is 6.20 Å². The van der Waals surface area contributed by atoms with Crippen LogP contribution in [0, 0.1) is 0 Å². The van der Waals surface area contributed by atoms with E-state index in [2.05, 4.69) is 22.0 Å². The molecule has 2 aromatic heterocycles. The molecule has 0 unspecified atom stereocenters. The normalized spacial score (nSPS) is 21.2. The molecule has 1 amide bonds. The molecule has 0 bridgehead atoms. The molecule has 8 heteroatoms. The Kier molecular flexibility index (Phi) is 5.00. The van der Waals surface area contributed by atoms with Gasteiger partial charge in [-0.05, 0) is 19.2 Å². The number of ether oxygens (including phenoxy) is 1. The summed E-state index contributed by atoms with van der Waals surface area (Å²) in [6.45, 7) is 1.96. The molecule has 0 spiro atoms. The molecule has 3 rings (SSSR count). The number of nitrogens with two attached hydrogens (primary N) is 1. The van der Waals surface area contributed by atoms with Crippen molar-refractivity contribution in [2.24, 2.45) is 7.05 Å². The van der Waals surface area contributed by atoms with Crippen molar-refractivity contribution in [2.75, 3.05) is 39.5 Å². The van der Waals surface area contributed by atoms with Gasteiger partial charge in [0.15, 0.2) is 0 Å². The average Bonchev–Trinajstić information content (AvgIpc) is 3.01. The highest BCUT2D eigenvalue weighted by Crippen LogP contribution is 2.28. The minimum absolute atomic E-state index is 0.0576. The van der Waals surface area contributed by atoms with Gasteiger partial charge in [0.25, 0.3) is 5.91 Å². The predicted molar refractivity (Wildman–Crippen MR) is 93.9 cm³/mol. The summed E-state index contributed by atoms with van der Waals surface area (Å²) < 4.78 is 7.77. The SMILES string of the molecule is CN(C[C@@H]1OCCN(C)[C@H]1c1cnn(C)c1)C(=O)c1ccc(N)nc1. The summed E-state index contributed by atoms with van der Waals surface area (Å²) in [4.78, 5) is 20.5. The standard InChI is InChI=1S/C17H24N6O2/c1-21-6-7-25-14(16(21)13-9-20-23(3)10-13)11-22(2)17(24)12-4-5-15(18)19-8-12/h4-5,8-10,14,16H,6-7,11H2,1-3H3,(H2,18,19)/t14-,16-/m0/s1. The summed E-state index contributed by atoms with van der Waals surface area (Å²) in [5.74, 6) is 0.294. The molecule has 1 saturated heterocycles. The van der Waals surface area contributed by atoms with Gasteiger partial charge in [0.1, 0.15) is 5.82 Å². The minimum Gasteiger partial charge on any atom is -0.384 e. The molecule has 1 fully saturated rings. The second-order valence-electron chi connectivity index (χ2n) is 6.44. The van der Waals surface area contributed by atoms with E-state index in [1.807, 2.05) is 19.4 Å². The lowest BCUT2D eigenvalue weighted by molar-refractivity contribution is -0.0708. The zero-order valence-corrected chi connectivity index (χ0v) is 14.8. The Labute approximate surface area is 147 Å². The number of anilines is 1. The number of morpholine rings is 1. The number of nitrogens with zero attached hydrogens (tertiary/aromatic N) is 5. The molecule has 0 aliphatic carbocycles. The van der Waals surface area contributed by atoms with Crippen LogP contribution in [0.15, 0.2) is 30.7 Å². The summed E-state index contributed by atoms with van der Waals surface area (Å²) in [7, 11) is 5.74. The van der Waals surface area contributed by atoms with E-state index in [4.69, 9.17) is 10.5 Å². The summed E-state index contributed by atoms with van der Waals surface area (Å²) in [5, 5.41) is 4.26. The number of rotatable bonds is 4. The highest BCUT2D eigenvalue weighted by Gasteiger charge is 2.34. The molecule has 2 aromatic rings. The minimum atomic E-state index is -0.126. The van der Waals surface area contributed by atoms with Crippen LogP contribution in [-0.4, -0.2) is 70.4 Å². The molecular weight excluding hydrogens is 320 g/mol. The van der Waals surface area contributed by atoms with Crippen LogP contribution in [0.1, 0.15) is 22.0 Å². The molecule has 0 aromatic carbocycles. The number of hydrogen-bond acceptors (Lipinski definition) is 6. The molecule has 1 aliphatic rings. The maximum atomic E-state index is 12.6. The molecular formula is C17H24N6O2. The molecule has 8 nitrogen and oxygen atoms in total. The van der Waals surface area contributed by atoms with Gasteiger partial charge in [-0.1, -0.05) is 0 Å². The van der Waals surface area contributed by atoms with Gasteiger partial charge in [-0.25, -0.2) is 4.98 Å². The van der Waals surface area contributed by atoms with E-state index in [1.54, 1.807) is 28.8 Å². The zero-order valence-electron chi connectivity index (χ0n) is 14.8. The van der Waals surface area contributed by atoms with Crippen LogP contribution in [0.25, 0.3) is 0 Å².